The molecule has 2 aliphatic heterocycles. The van der Waals surface area contributed by atoms with E-state index in [1.54, 1.807) is 12.1 Å². The number of imidazole rings is 1. The number of alkyl halides is 1. The molecule has 1 unspecified atom stereocenters. The Kier molecular flexibility index (Phi) is 7.57. The summed E-state index contributed by atoms with van der Waals surface area (Å²) in [5, 5.41) is 9.11. The number of aromatic nitrogens is 2. The van der Waals surface area contributed by atoms with Crippen LogP contribution in [0.3, 0.4) is 0 Å². The summed E-state index contributed by atoms with van der Waals surface area (Å²) >= 11 is 7.25. The Morgan fingerprint density at radius 2 is 2.18 bits per heavy atom. The summed E-state index contributed by atoms with van der Waals surface area (Å²) in [5.74, 6) is 0.414. The van der Waals surface area contributed by atoms with Crippen molar-refractivity contribution < 1.29 is 23.8 Å². The second-order valence-electron chi connectivity index (χ2n) is 10.1. The van der Waals surface area contributed by atoms with Gasteiger partial charge in [0, 0.05) is 25.3 Å². The highest BCUT2D eigenvalue weighted by atomic mass is 35.5. The van der Waals surface area contributed by atoms with Crippen LogP contribution in [0.1, 0.15) is 40.3 Å². The van der Waals surface area contributed by atoms with E-state index in [1.165, 1.54) is 23.0 Å². The minimum Gasteiger partial charge on any atom is -0.489 e. The molecule has 39 heavy (non-hydrogen) atoms. The molecule has 204 valence electrons. The van der Waals surface area contributed by atoms with Gasteiger partial charge in [-0.05, 0) is 54.7 Å². The van der Waals surface area contributed by atoms with Crippen LogP contribution in [0.5, 0.6) is 5.75 Å². The summed E-state index contributed by atoms with van der Waals surface area (Å²) in [5.41, 5.74) is 3.62. The summed E-state index contributed by atoms with van der Waals surface area (Å²) in [6.07, 6.45) is 8.11. The lowest BCUT2D eigenvalue weighted by atomic mass is 9.99. The molecule has 1 aromatic carbocycles. The third kappa shape index (κ3) is 5.82. The lowest BCUT2D eigenvalue weighted by molar-refractivity contribution is -0.0591. The normalized spacial score (nSPS) is 21.7. The fourth-order valence-corrected chi connectivity index (χ4v) is 6.25. The average Bonchev–Trinajstić information content (AvgIpc) is 3.45. The average molecular weight is 570 g/mol. The lowest BCUT2D eigenvalue weighted by Crippen LogP contribution is -2.33. The van der Waals surface area contributed by atoms with Crippen molar-refractivity contribution in [2.24, 2.45) is 0 Å². The van der Waals surface area contributed by atoms with Crippen LogP contribution in [0.15, 0.2) is 60.0 Å². The van der Waals surface area contributed by atoms with Gasteiger partial charge in [-0.15, -0.1) is 22.9 Å². The van der Waals surface area contributed by atoms with Gasteiger partial charge in [-0.25, -0.2) is 14.2 Å². The minimum atomic E-state index is -0.923. The Hall–Kier alpha value is -2.98. The standard InChI is InChI=1S/C29H29ClFN3O4S/c30-21-5-4-20(24(31)13-21)17-38-22-3-1-2-19(12-22)18-6-9-33(10-7-18)16-27-32-25-14-26(29(35)36)39-28(25)34(27)15-23-8-11-37-23/h1-4,6,12-14,21,23H,5,7-11,15-17H2,(H,35,36)/t21?,23-/m0/s1. The Labute approximate surface area is 234 Å². The van der Waals surface area contributed by atoms with Crippen LogP contribution in [-0.2, 0) is 17.8 Å². The van der Waals surface area contributed by atoms with Gasteiger partial charge < -0.3 is 19.1 Å². The number of nitrogens with zero attached hydrogens (tertiary/aromatic N) is 3. The highest BCUT2D eigenvalue weighted by Gasteiger charge is 2.25. The maximum absolute atomic E-state index is 14.1. The number of halogens is 2. The van der Waals surface area contributed by atoms with Gasteiger partial charge in [-0.2, -0.15) is 0 Å². The van der Waals surface area contributed by atoms with E-state index in [4.69, 9.17) is 26.1 Å². The van der Waals surface area contributed by atoms with E-state index in [0.717, 1.165) is 54.3 Å². The van der Waals surface area contributed by atoms with Gasteiger partial charge in [0.05, 0.1) is 24.6 Å². The van der Waals surface area contributed by atoms with Gasteiger partial charge >= 0.3 is 5.97 Å². The van der Waals surface area contributed by atoms with Gasteiger partial charge in [0.2, 0.25) is 0 Å². The Morgan fingerprint density at radius 1 is 1.31 bits per heavy atom. The number of rotatable bonds is 9. The fourth-order valence-electron chi connectivity index (χ4n) is 5.09. The number of carboxylic acid groups (broad SMARTS) is 1. The molecule has 0 bridgehead atoms. The van der Waals surface area contributed by atoms with Crippen molar-refractivity contribution >= 4 is 44.8 Å². The van der Waals surface area contributed by atoms with Crippen LogP contribution < -0.4 is 4.74 Å². The SMILES string of the molecule is O=C(O)c1cc2nc(CN3CC=C(c4cccc(OCC5=CCC(Cl)C=C5F)c4)CC3)n(C[C@@H]3CCO3)c2s1. The first kappa shape index (κ1) is 26.3. The zero-order valence-electron chi connectivity index (χ0n) is 21.3. The van der Waals surface area contributed by atoms with Crippen molar-refractivity contribution in [3.8, 4) is 5.75 Å². The van der Waals surface area contributed by atoms with E-state index in [9.17, 15) is 14.3 Å². The topological polar surface area (TPSA) is 76.8 Å². The van der Waals surface area contributed by atoms with Crippen molar-refractivity contribution in [2.75, 3.05) is 26.3 Å². The number of ether oxygens (including phenoxy) is 2. The van der Waals surface area contributed by atoms with Crippen molar-refractivity contribution in [1.29, 1.82) is 0 Å². The zero-order chi connectivity index (χ0) is 26.9. The summed E-state index contributed by atoms with van der Waals surface area (Å²) in [6, 6.07) is 9.60. The Morgan fingerprint density at radius 3 is 2.90 bits per heavy atom. The molecule has 1 aliphatic carbocycles. The summed E-state index contributed by atoms with van der Waals surface area (Å²) in [4.78, 5) is 19.8. The number of hydrogen-bond acceptors (Lipinski definition) is 6. The van der Waals surface area contributed by atoms with Crippen LogP contribution in [0.25, 0.3) is 15.9 Å². The van der Waals surface area contributed by atoms with Crippen molar-refractivity contribution in [3.05, 3.63) is 76.2 Å². The number of allylic oxidation sites excluding steroid dienone is 2. The lowest BCUT2D eigenvalue weighted by Gasteiger charge is -2.29. The van der Waals surface area contributed by atoms with Crippen molar-refractivity contribution in [2.45, 2.75) is 43.8 Å². The van der Waals surface area contributed by atoms with Crippen LogP contribution in [0, 0.1) is 0 Å². The number of fused-ring (bicyclic) bond motifs is 1. The minimum absolute atomic E-state index is 0.151. The Balaban J connectivity index is 1.12. The predicted octanol–water partition coefficient (Wildman–Crippen LogP) is 6.04. The van der Waals surface area contributed by atoms with Gasteiger partial charge in [-0.1, -0.05) is 24.3 Å². The quantitative estimate of drug-likeness (QED) is 0.316. The first-order chi connectivity index (χ1) is 18.9. The molecule has 3 aliphatic rings. The fraction of sp³-hybridized carbons (Fsp3) is 0.379. The first-order valence-electron chi connectivity index (χ1n) is 13.1. The number of thiophene rings is 1. The summed E-state index contributed by atoms with van der Waals surface area (Å²) < 4.78 is 27.8. The van der Waals surface area contributed by atoms with Crippen LogP contribution in [-0.4, -0.2) is 63.3 Å². The second-order valence-corrected chi connectivity index (χ2v) is 11.6. The van der Waals surface area contributed by atoms with Crippen LogP contribution in [0.2, 0.25) is 0 Å². The van der Waals surface area contributed by atoms with Crippen LogP contribution in [0.4, 0.5) is 4.39 Å². The summed E-state index contributed by atoms with van der Waals surface area (Å²) in [6.45, 7) is 3.97. The first-order valence-corrected chi connectivity index (χ1v) is 14.4. The molecule has 0 saturated carbocycles. The highest BCUT2D eigenvalue weighted by Crippen LogP contribution is 2.31. The molecular weight excluding hydrogens is 541 g/mol. The van der Waals surface area contributed by atoms with E-state index in [2.05, 4.69) is 21.6 Å². The second kappa shape index (κ2) is 11.3. The smallest absolute Gasteiger partial charge is 0.346 e. The number of carbonyl (C=O) groups is 1. The molecule has 1 saturated heterocycles. The highest BCUT2D eigenvalue weighted by molar-refractivity contribution is 7.20. The molecule has 2 aromatic heterocycles. The zero-order valence-corrected chi connectivity index (χ0v) is 22.9. The predicted molar refractivity (Wildman–Crippen MR) is 150 cm³/mol. The molecular formula is C29H29ClFN3O4S. The molecule has 1 N–H and O–H groups in total. The number of carboxylic acids is 1. The van der Waals surface area contributed by atoms with E-state index in [-0.39, 0.29) is 23.9 Å². The van der Waals surface area contributed by atoms with E-state index in [0.29, 0.717) is 35.7 Å². The Bertz CT molecular complexity index is 1490. The van der Waals surface area contributed by atoms with Gasteiger partial charge in [-0.3, -0.25) is 4.90 Å². The van der Waals surface area contributed by atoms with E-state index in [1.807, 2.05) is 18.2 Å². The van der Waals surface area contributed by atoms with Crippen molar-refractivity contribution in [3.63, 3.8) is 0 Å². The van der Waals surface area contributed by atoms with Crippen LogP contribution >= 0.6 is 22.9 Å². The third-order valence-corrected chi connectivity index (χ3v) is 8.81. The molecule has 0 amide bonds. The largest absolute Gasteiger partial charge is 0.489 e. The summed E-state index contributed by atoms with van der Waals surface area (Å²) in [7, 11) is 0. The molecule has 0 radical (unpaired) electrons. The molecule has 1 fully saturated rings. The van der Waals surface area contributed by atoms with Gasteiger partial charge in [0.25, 0.3) is 0 Å². The van der Waals surface area contributed by atoms with Crippen molar-refractivity contribution in [1.82, 2.24) is 14.5 Å². The molecule has 7 nitrogen and oxygen atoms in total. The monoisotopic (exact) mass is 569 g/mol. The molecule has 10 heteroatoms. The third-order valence-electron chi connectivity index (χ3n) is 7.37. The molecule has 4 heterocycles. The molecule has 6 rings (SSSR count). The maximum Gasteiger partial charge on any atom is 0.346 e. The van der Waals surface area contributed by atoms with E-state index < -0.39 is 5.97 Å². The van der Waals surface area contributed by atoms with E-state index >= 15 is 0 Å². The number of hydrogen-bond donors (Lipinski definition) is 1. The number of benzene rings is 1. The molecule has 3 aromatic rings. The van der Waals surface area contributed by atoms with Gasteiger partial charge in [0.15, 0.2) is 0 Å². The maximum atomic E-state index is 14.1. The molecule has 0 spiro atoms. The number of aromatic carboxylic acids is 1. The van der Waals surface area contributed by atoms with Gasteiger partial charge in [0.1, 0.15) is 39.2 Å². The molecule has 2 atom stereocenters.